The summed E-state index contributed by atoms with van der Waals surface area (Å²) in [4.78, 5) is 0. The first-order valence-electron chi connectivity index (χ1n) is 5.96. The average molecular weight is 381 g/mol. The maximum atomic E-state index is 10.2. The molecule has 0 amide bonds. The Balaban J connectivity index is 2.53. The third kappa shape index (κ3) is 5.26. The summed E-state index contributed by atoms with van der Waals surface area (Å²) in [5, 5.41) is 13.4. The first kappa shape index (κ1) is 16.0. The van der Waals surface area contributed by atoms with Gasteiger partial charge in [0.15, 0.2) is 0 Å². The van der Waals surface area contributed by atoms with Gasteiger partial charge in [-0.15, -0.1) is 0 Å². The minimum Gasteiger partial charge on any atom is -0.488 e. The van der Waals surface area contributed by atoms with Crippen LogP contribution in [0.25, 0.3) is 0 Å². The number of hydrogen-bond acceptors (Lipinski definition) is 3. The molecule has 3 nitrogen and oxygen atoms in total. The maximum absolute atomic E-state index is 10.2. The highest BCUT2D eigenvalue weighted by Gasteiger charge is 2.21. The zero-order valence-corrected chi connectivity index (χ0v) is 13.8. The molecule has 0 aromatic heterocycles. The molecule has 0 aliphatic heterocycles. The molecule has 0 fully saturated rings. The molecule has 1 unspecified atom stereocenters. The monoisotopic (exact) mass is 379 g/mol. The lowest BCUT2D eigenvalue weighted by Gasteiger charge is -2.24. The van der Waals surface area contributed by atoms with Crippen molar-refractivity contribution < 1.29 is 9.84 Å². The molecule has 0 heterocycles. The molecule has 1 aromatic carbocycles. The number of ether oxygens (including phenoxy) is 1. The fraction of sp³-hybridized carbons (Fsp3) is 0.538. The van der Waals surface area contributed by atoms with Gasteiger partial charge in [0.1, 0.15) is 18.0 Å². The fourth-order valence-corrected chi connectivity index (χ4v) is 2.66. The molecule has 0 aliphatic carbocycles. The van der Waals surface area contributed by atoms with Crippen molar-refractivity contribution in [2.75, 3.05) is 19.7 Å². The van der Waals surface area contributed by atoms with Crippen molar-refractivity contribution >= 4 is 31.9 Å². The summed E-state index contributed by atoms with van der Waals surface area (Å²) in [7, 11) is 0. The lowest BCUT2D eigenvalue weighted by molar-refractivity contribution is 0.0120. The molecule has 5 heteroatoms. The predicted molar refractivity (Wildman–Crippen MR) is 81.1 cm³/mol. The Labute approximate surface area is 125 Å². The van der Waals surface area contributed by atoms with E-state index in [0.717, 1.165) is 21.9 Å². The van der Waals surface area contributed by atoms with Gasteiger partial charge in [0.25, 0.3) is 0 Å². The van der Waals surface area contributed by atoms with Crippen molar-refractivity contribution in [1.82, 2.24) is 5.32 Å². The van der Waals surface area contributed by atoms with Gasteiger partial charge in [-0.05, 0) is 63.9 Å². The van der Waals surface area contributed by atoms with Crippen LogP contribution in [0.4, 0.5) is 0 Å². The Hall–Kier alpha value is -0.100. The van der Waals surface area contributed by atoms with Gasteiger partial charge >= 0.3 is 0 Å². The van der Waals surface area contributed by atoms with E-state index < -0.39 is 5.60 Å². The number of aliphatic hydroxyl groups is 1. The first-order valence-corrected chi connectivity index (χ1v) is 7.55. The Bertz CT molecular complexity index is 363. The number of hydrogen-bond donors (Lipinski definition) is 2. The minimum atomic E-state index is -0.885. The molecular formula is C13H19Br2NO2. The average Bonchev–Trinajstić information content (AvgIpc) is 2.28. The van der Waals surface area contributed by atoms with Gasteiger partial charge in [-0.3, -0.25) is 0 Å². The summed E-state index contributed by atoms with van der Waals surface area (Å²) in [5.74, 6) is 0.716. The number of halogens is 2. The Morgan fingerprint density at radius 2 is 1.94 bits per heavy atom. The van der Waals surface area contributed by atoms with E-state index in [0.29, 0.717) is 12.3 Å². The molecule has 1 atom stereocenters. The topological polar surface area (TPSA) is 41.5 Å². The van der Waals surface area contributed by atoms with Crippen LogP contribution in [0.2, 0.25) is 0 Å². The highest BCUT2D eigenvalue weighted by atomic mass is 79.9. The molecule has 0 radical (unpaired) electrons. The molecule has 102 valence electrons. The summed E-state index contributed by atoms with van der Waals surface area (Å²) in [6.07, 6.45) is 1.05. The molecule has 0 bridgehead atoms. The smallest absolute Gasteiger partial charge is 0.147 e. The van der Waals surface area contributed by atoms with E-state index >= 15 is 0 Å². The van der Waals surface area contributed by atoms with Crippen LogP contribution in [-0.2, 0) is 0 Å². The second kappa shape index (κ2) is 7.48. The highest BCUT2D eigenvalue weighted by Crippen LogP contribution is 2.33. The molecule has 1 aromatic rings. The number of benzene rings is 1. The van der Waals surface area contributed by atoms with E-state index in [9.17, 15) is 5.11 Å². The van der Waals surface area contributed by atoms with Gasteiger partial charge < -0.3 is 15.2 Å². The lowest BCUT2D eigenvalue weighted by atomic mass is 10.1. The largest absolute Gasteiger partial charge is 0.488 e. The standard InChI is InChI=1S/C13H19Br2NO2/c1-3-7-16-8-13(2,17)9-18-12-10(14)5-4-6-11(12)15/h4-6,16-17H,3,7-9H2,1-2H3. The van der Waals surface area contributed by atoms with Crippen LogP contribution in [-0.4, -0.2) is 30.4 Å². The molecule has 2 N–H and O–H groups in total. The zero-order chi connectivity index (χ0) is 13.6. The quantitative estimate of drug-likeness (QED) is 0.713. The van der Waals surface area contributed by atoms with E-state index in [1.165, 1.54) is 0 Å². The zero-order valence-electron chi connectivity index (χ0n) is 10.7. The van der Waals surface area contributed by atoms with E-state index in [1.54, 1.807) is 6.92 Å². The van der Waals surface area contributed by atoms with Gasteiger partial charge in [-0.1, -0.05) is 13.0 Å². The molecule has 18 heavy (non-hydrogen) atoms. The van der Waals surface area contributed by atoms with Gasteiger partial charge in [-0.2, -0.15) is 0 Å². The molecular weight excluding hydrogens is 362 g/mol. The van der Waals surface area contributed by atoms with Gasteiger partial charge in [0, 0.05) is 6.54 Å². The number of rotatable bonds is 7. The van der Waals surface area contributed by atoms with Crippen molar-refractivity contribution in [3.8, 4) is 5.75 Å². The van der Waals surface area contributed by atoms with Crippen LogP contribution in [0.3, 0.4) is 0 Å². The number of para-hydroxylation sites is 1. The van der Waals surface area contributed by atoms with Crippen LogP contribution in [0, 0.1) is 0 Å². The van der Waals surface area contributed by atoms with Crippen LogP contribution in [0.1, 0.15) is 20.3 Å². The summed E-state index contributed by atoms with van der Waals surface area (Å²) in [6.45, 7) is 5.51. The van der Waals surface area contributed by atoms with Crippen LogP contribution in [0.5, 0.6) is 5.75 Å². The lowest BCUT2D eigenvalue weighted by Crippen LogP contribution is -2.43. The molecule has 0 spiro atoms. The number of nitrogens with one attached hydrogen (secondary N) is 1. The summed E-state index contributed by atoms with van der Waals surface area (Å²) in [5.41, 5.74) is -0.885. The van der Waals surface area contributed by atoms with Crippen molar-refractivity contribution in [3.63, 3.8) is 0 Å². The fourth-order valence-electron chi connectivity index (χ4n) is 1.43. The first-order chi connectivity index (χ1) is 8.46. The minimum absolute atomic E-state index is 0.241. The summed E-state index contributed by atoms with van der Waals surface area (Å²) >= 11 is 6.85. The van der Waals surface area contributed by atoms with E-state index in [4.69, 9.17) is 4.74 Å². The van der Waals surface area contributed by atoms with Crippen LogP contribution < -0.4 is 10.1 Å². The van der Waals surface area contributed by atoms with E-state index in [2.05, 4.69) is 44.1 Å². The highest BCUT2D eigenvalue weighted by molar-refractivity contribution is 9.11. The SMILES string of the molecule is CCCNCC(C)(O)COc1c(Br)cccc1Br. The van der Waals surface area contributed by atoms with Gasteiger partial charge in [0.05, 0.1) is 8.95 Å². The van der Waals surface area contributed by atoms with Crippen molar-refractivity contribution in [2.45, 2.75) is 25.9 Å². The normalized spacial score (nSPS) is 14.3. The molecule has 0 saturated heterocycles. The Morgan fingerprint density at radius 1 is 1.33 bits per heavy atom. The molecule has 1 rings (SSSR count). The second-order valence-electron chi connectivity index (χ2n) is 4.51. The van der Waals surface area contributed by atoms with E-state index in [-0.39, 0.29) is 6.61 Å². The van der Waals surface area contributed by atoms with Crippen molar-refractivity contribution in [3.05, 3.63) is 27.1 Å². The Morgan fingerprint density at radius 3 is 2.50 bits per heavy atom. The summed E-state index contributed by atoms with van der Waals surface area (Å²) in [6, 6.07) is 5.73. The van der Waals surface area contributed by atoms with Gasteiger partial charge in [-0.25, -0.2) is 0 Å². The third-order valence-electron chi connectivity index (χ3n) is 2.38. The maximum Gasteiger partial charge on any atom is 0.147 e. The predicted octanol–water partition coefficient (Wildman–Crippen LogP) is 3.34. The van der Waals surface area contributed by atoms with Gasteiger partial charge in [0.2, 0.25) is 0 Å². The second-order valence-corrected chi connectivity index (χ2v) is 6.22. The van der Waals surface area contributed by atoms with Crippen LogP contribution >= 0.6 is 31.9 Å². The van der Waals surface area contributed by atoms with E-state index in [1.807, 2.05) is 18.2 Å². The van der Waals surface area contributed by atoms with Crippen molar-refractivity contribution in [1.29, 1.82) is 0 Å². The van der Waals surface area contributed by atoms with Crippen molar-refractivity contribution in [2.24, 2.45) is 0 Å². The van der Waals surface area contributed by atoms with Crippen LogP contribution in [0.15, 0.2) is 27.1 Å². The Kier molecular flexibility index (Phi) is 6.63. The molecule has 0 aliphatic rings. The molecule has 0 saturated carbocycles. The summed E-state index contributed by atoms with van der Waals surface area (Å²) < 4.78 is 7.42. The third-order valence-corrected chi connectivity index (χ3v) is 3.63.